The molecule has 0 aromatic carbocycles. The summed E-state index contributed by atoms with van der Waals surface area (Å²) in [5, 5.41) is 9.36. The average Bonchev–Trinajstić information content (AvgIpc) is 2.98. The van der Waals surface area contributed by atoms with E-state index >= 15 is 0 Å². The van der Waals surface area contributed by atoms with Gasteiger partial charge in [0.1, 0.15) is 10.9 Å². The first-order valence-corrected chi connectivity index (χ1v) is 8.99. The van der Waals surface area contributed by atoms with Crippen LogP contribution < -0.4 is 5.14 Å². The molecule has 3 N–H and O–H groups in total. The van der Waals surface area contributed by atoms with Crippen LogP contribution in [0.15, 0.2) is 23.4 Å². The molecule has 0 aliphatic carbocycles. The molecule has 1 aromatic heterocycles. The van der Waals surface area contributed by atoms with Crippen molar-refractivity contribution < 1.29 is 30.5 Å². The van der Waals surface area contributed by atoms with Gasteiger partial charge >= 0.3 is 16.4 Å². The van der Waals surface area contributed by atoms with Gasteiger partial charge in [-0.15, -0.1) is 4.28 Å². The topological polar surface area (TPSA) is 165 Å². The molecule has 3 heterocycles. The van der Waals surface area contributed by atoms with Crippen LogP contribution in [0.2, 0.25) is 0 Å². The van der Waals surface area contributed by atoms with E-state index in [0.717, 1.165) is 6.20 Å². The first-order valence-electron chi connectivity index (χ1n) is 6.08. The monoisotopic (exact) mass is 365 g/mol. The largest absolute Gasteiger partial charge is 0.418 e. The summed E-state index contributed by atoms with van der Waals surface area (Å²) in [5.41, 5.74) is 0.422. The lowest BCUT2D eigenvalue weighted by atomic mass is 10.2. The van der Waals surface area contributed by atoms with Crippen molar-refractivity contribution >= 4 is 32.2 Å². The molecule has 2 bridgehead atoms. The molecule has 3 rings (SSSR count). The highest BCUT2D eigenvalue weighted by molar-refractivity contribution is 7.89. The van der Waals surface area contributed by atoms with Crippen LogP contribution in [0.3, 0.4) is 0 Å². The van der Waals surface area contributed by atoms with Crippen LogP contribution in [0, 0.1) is 0 Å². The number of amides is 2. The smallest absolute Gasteiger partial charge is 0.314 e. The fraction of sp³-hybridized carbons (Fsp3) is 0.333. The number of hydrogen-bond donors (Lipinski definition) is 2. The third-order valence-corrected chi connectivity index (χ3v) is 4.48. The Hall–Kier alpha value is -2.00. The molecule has 0 radical (unpaired) electrons. The van der Waals surface area contributed by atoms with E-state index in [0.29, 0.717) is 10.8 Å². The number of aromatic nitrogens is 2. The lowest BCUT2D eigenvalue weighted by Gasteiger charge is -2.20. The molecule has 0 spiro atoms. The van der Waals surface area contributed by atoms with Gasteiger partial charge in [-0.2, -0.15) is 18.6 Å². The van der Waals surface area contributed by atoms with E-state index in [1.54, 1.807) is 0 Å². The Kier molecular flexibility index (Phi) is 3.45. The van der Waals surface area contributed by atoms with Crippen LogP contribution in [-0.2, 0) is 24.7 Å². The van der Waals surface area contributed by atoms with E-state index in [1.807, 2.05) is 0 Å². The molecule has 14 heteroatoms. The van der Waals surface area contributed by atoms with E-state index in [-0.39, 0.29) is 18.0 Å². The van der Waals surface area contributed by atoms with Crippen LogP contribution in [0.25, 0.3) is 5.70 Å². The second kappa shape index (κ2) is 5.00. The number of carbonyl (C=O) groups excluding carboxylic acids is 1. The van der Waals surface area contributed by atoms with Crippen LogP contribution in [0.4, 0.5) is 4.79 Å². The van der Waals surface area contributed by atoms with E-state index in [2.05, 4.69) is 9.38 Å². The van der Waals surface area contributed by atoms with Crippen LogP contribution in [-0.4, -0.2) is 66.3 Å². The molecule has 2 amide bonds. The lowest BCUT2D eigenvalue weighted by Crippen LogP contribution is -2.35. The Morgan fingerprint density at radius 3 is 2.61 bits per heavy atom. The molecular formula is C9H11N5O7S2. The van der Waals surface area contributed by atoms with Gasteiger partial charge in [-0.25, -0.2) is 23.0 Å². The minimum absolute atomic E-state index is 0.0480. The summed E-state index contributed by atoms with van der Waals surface area (Å²) in [6, 6.07) is -1.53. The number of hydroxylamine groups is 2. The number of carbonyl (C=O) groups is 1. The van der Waals surface area contributed by atoms with E-state index in [4.69, 9.17) is 9.69 Å². The SMILES string of the molecule is NS(=O)(=O)c1cnn(C2=CC3CN(C2)C(=O)N3OS(=O)(=O)O)c1. The predicted molar refractivity (Wildman–Crippen MR) is 73.1 cm³/mol. The maximum absolute atomic E-state index is 12.0. The summed E-state index contributed by atoms with van der Waals surface area (Å²) in [7, 11) is -8.76. The molecule has 1 unspecified atom stereocenters. The fourth-order valence-electron chi connectivity index (χ4n) is 2.33. The molecule has 1 atom stereocenters. The minimum Gasteiger partial charge on any atom is -0.314 e. The van der Waals surface area contributed by atoms with E-state index < -0.39 is 32.5 Å². The maximum Gasteiger partial charge on any atom is 0.418 e. The summed E-state index contributed by atoms with van der Waals surface area (Å²) in [5.74, 6) is 0. The van der Waals surface area contributed by atoms with E-state index in [1.165, 1.54) is 21.9 Å². The number of nitrogens with zero attached hydrogens (tertiary/aromatic N) is 4. The van der Waals surface area contributed by atoms with E-state index in [9.17, 15) is 21.6 Å². The Bertz CT molecular complexity index is 902. The van der Waals surface area contributed by atoms with Crippen molar-refractivity contribution in [2.75, 3.05) is 13.1 Å². The average molecular weight is 365 g/mol. The fourth-order valence-corrected chi connectivity index (χ4v) is 3.15. The number of primary sulfonamides is 1. The Balaban J connectivity index is 1.91. The van der Waals surface area contributed by atoms with Gasteiger partial charge in [0.15, 0.2) is 0 Å². The van der Waals surface area contributed by atoms with Crippen molar-refractivity contribution in [1.82, 2.24) is 19.7 Å². The lowest BCUT2D eigenvalue weighted by molar-refractivity contribution is -0.0183. The molecule has 1 saturated heterocycles. The maximum atomic E-state index is 12.0. The number of rotatable bonds is 4. The van der Waals surface area contributed by atoms with Crippen LogP contribution in [0.5, 0.6) is 0 Å². The molecule has 0 saturated carbocycles. The number of hydrogen-bond acceptors (Lipinski definition) is 7. The van der Waals surface area contributed by atoms with Gasteiger partial charge in [0.25, 0.3) is 0 Å². The van der Waals surface area contributed by atoms with Gasteiger partial charge in [-0.3, -0.25) is 4.55 Å². The summed E-state index contributed by atoms with van der Waals surface area (Å²) in [6.07, 6.45) is 3.70. The zero-order valence-corrected chi connectivity index (χ0v) is 12.9. The molecule has 12 nitrogen and oxygen atoms in total. The third-order valence-electron chi connectivity index (χ3n) is 3.26. The number of fused-ring (bicyclic) bond motifs is 2. The zero-order valence-electron chi connectivity index (χ0n) is 11.3. The summed E-state index contributed by atoms with van der Waals surface area (Å²) in [6.45, 7) is 0.202. The standard InChI is InChI=1S/C9H11N5O7S2/c10-22(16,17)8-2-11-13(5-8)6-1-7-4-12(3-6)9(15)14(7)21-23(18,19)20/h1-2,5,7H,3-4H2,(H2,10,16,17)(H,18,19,20). The van der Waals surface area contributed by atoms with Gasteiger partial charge < -0.3 is 4.90 Å². The first-order chi connectivity index (χ1) is 10.5. The van der Waals surface area contributed by atoms with Crippen LogP contribution >= 0.6 is 0 Å². The molecular weight excluding hydrogens is 354 g/mol. The van der Waals surface area contributed by atoms with Crippen LogP contribution in [0.1, 0.15) is 0 Å². The molecule has 2 aliphatic rings. The first kappa shape index (κ1) is 15.9. The van der Waals surface area contributed by atoms with Gasteiger partial charge in [0.05, 0.1) is 24.6 Å². The Morgan fingerprint density at radius 1 is 1.35 bits per heavy atom. The molecule has 23 heavy (non-hydrogen) atoms. The number of urea groups is 1. The van der Waals surface area contributed by atoms with Crippen molar-refractivity contribution in [3.05, 3.63) is 18.5 Å². The molecule has 1 fully saturated rings. The van der Waals surface area contributed by atoms with Gasteiger partial charge in [-0.05, 0) is 6.08 Å². The van der Waals surface area contributed by atoms with Gasteiger partial charge in [-0.1, -0.05) is 0 Å². The highest BCUT2D eigenvalue weighted by Gasteiger charge is 2.43. The number of sulfonamides is 1. The minimum atomic E-state index is -4.85. The Morgan fingerprint density at radius 2 is 2.04 bits per heavy atom. The van der Waals surface area contributed by atoms with Crippen molar-refractivity contribution in [2.45, 2.75) is 10.9 Å². The summed E-state index contributed by atoms with van der Waals surface area (Å²) < 4.78 is 58.2. The van der Waals surface area contributed by atoms with Gasteiger partial charge in [0, 0.05) is 6.54 Å². The van der Waals surface area contributed by atoms with Crippen molar-refractivity contribution in [2.24, 2.45) is 5.14 Å². The van der Waals surface area contributed by atoms with Gasteiger partial charge in [0.2, 0.25) is 10.0 Å². The van der Waals surface area contributed by atoms with Crippen molar-refractivity contribution in [3.63, 3.8) is 0 Å². The second-order valence-corrected chi connectivity index (χ2v) is 7.45. The molecule has 126 valence electrons. The zero-order chi connectivity index (χ0) is 17.0. The second-order valence-electron chi connectivity index (χ2n) is 4.88. The molecule has 1 aromatic rings. The summed E-state index contributed by atoms with van der Waals surface area (Å²) in [4.78, 5) is 13.0. The highest BCUT2D eigenvalue weighted by atomic mass is 32.3. The normalized spacial score (nSPS) is 21.7. The van der Waals surface area contributed by atoms with Crippen molar-refractivity contribution in [1.29, 1.82) is 0 Å². The Labute approximate surface area is 130 Å². The highest BCUT2D eigenvalue weighted by Crippen LogP contribution is 2.27. The molecule has 2 aliphatic heterocycles. The van der Waals surface area contributed by atoms with Crippen molar-refractivity contribution in [3.8, 4) is 0 Å². The summed E-state index contributed by atoms with van der Waals surface area (Å²) >= 11 is 0. The quantitative estimate of drug-likeness (QED) is 0.591. The third kappa shape index (κ3) is 3.06. The number of nitrogens with two attached hydrogens (primary N) is 1. The predicted octanol–water partition coefficient (Wildman–Crippen LogP) is -1.77.